The van der Waals surface area contributed by atoms with Gasteiger partial charge in [0, 0.05) is 18.6 Å². The van der Waals surface area contributed by atoms with Gasteiger partial charge in [-0.15, -0.1) is 0 Å². The average molecular weight is 276 g/mol. The van der Waals surface area contributed by atoms with Crippen molar-refractivity contribution >= 4 is 0 Å². The molecule has 0 fully saturated rings. The molecule has 1 aromatic rings. The highest BCUT2D eigenvalue weighted by molar-refractivity contribution is 5.25. The fourth-order valence-corrected chi connectivity index (χ4v) is 2.76. The number of hydrogen-bond acceptors (Lipinski definition) is 2. The van der Waals surface area contributed by atoms with Crippen LogP contribution in [0.15, 0.2) is 24.3 Å². The number of aryl methyl sites for hydroxylation is 1. The van der Waals surface area contributed by atoms with Gasteiger partial charge in [0.2, 0.25) is 0 Å². The van der Waals surface area contributed by atoms with Gasteiger partial charge in [-0.05, 0) is 44.0 Å². The highest BCUT2D eigenvalue weighted by Gasteiger charge is 2.17. The molecule has 0 aliphatic heterocycles. The number of rotatable bonds is 8. The maximum atomic E-state index is 3.74. The van der Waals surface area contributed by atoms with Crippen molar-refractivity contribution in [3.05, 3.63) is 35.4 Å². The third-order valence-electron chi connectivity index (χ3n) is 4.20. The Labute approximate surface area is 125 Å². The lowest BCUT2D eigenvalue weighted by atomic mass is 9.99. The van der Waals surface area contributed by atoms with E-state index < -0.39 is 0 Å². The Balaban J connectivity index is 2.66. The van der Waals surface area contributed by atoms with Gasteiger partial charge in [-0.25, -0.2) is 0 Å². The van der Waals surface area contributed by atoms with E-state index in [0.29, 0.717) is 18.0 Å². The molecule has 1 N–H and O–H groups in total. The Bertz CT molecular complexity index is 360. The molecule has 1 aromatic carbocycles. The first kappa shape index (κ1) is 17.2. The average Bonchev–Trinajstić information content (AvgIpc) is 2.43. The van der Waals surface area contributed by atoms with Gasteiger partial charge >= 0.3 is 0 Å². The minimum Gasteiger partial charge on any atom is -0.308 e. The molecule has 0 spiro atoms. The van der Waals surface area contributed by atoms with Gasteiger partial charge in [-0.3, -0.25) is 0 Å². The quantitative estimate of drug-likeness (QED) is 0.775. The monoisotopic (exact) mass is 276 g/mol. The van der Waals surface area contributed by atoms with E-state index in [1.54, 1.807) is 0 Å². The predicted octanol–water partition coefficient (Wildman–Crippen LogP) is 3.88. The molecule has 1 rings (SSSR count). The molecule has 0 aromatic heterocycles. The fourth-order valence-electron chi connectivity index (χ4n) is 2.76. The van der Waals surface area contributed by atoms with Crippen LogP contribution in [0.4, 0.5) is 0 Å². The summed E-state index contributed by atoms with van der Waals surface area (Å²) in [6.45, 7) is 10.1. The van der Waals surface area contributed by atoms with E-state index >= 15 is 0 Å². The molecule has 0 heterocycles. The smallest absolute Gasteiger partial charge is 0.0318 e. The van der Waals surface area contributed by atoms with E-state index in [0.717, 1.165) is 19.4 Å². The normalized spacial score (nSPS) is 14.8. The summed E-state index contributed by atoms with van der Waals surface area (Å²) in [5.74, 6) is 0.664. The zero-order chi connectivity index (χ0) is 15.1. The summed E-state index contributed by atoms with van der Waals surface area (Å²) in [4.78, 5) is 2.32. The van der Waals surface area contributed by atoms with Crippen LogP contribution in [0, 0.1) is 5.92 Å². The second kappa shape index (κ2) is 8.43. The van der Waals surface area contributed by atoms with Crippen LogP contribution in [0.25, 0.3) is 0 Å². The van der Waals surface area contributed by atoms with Crippen LogP contribution in [0.5, 0.6) is 0 Å². The summed E-state index contributed by atoms with van der Waals surface area (Å²) >= 11 is 0. The highest BCUT2D eigenvalue weighted by Crippen LogP contribution is 2.18. The first-order valence-electron chi connectivity index (χ1n) is 7.98. The second-order valence-corrected chi connectivity index (χ2v) is 6.24. The molecule has 2 nitrogen and oxygen atoms in total. The van der Waals surface area contributed by atoms with Crippen LogP contribution in [-0.4, -0.2) is 31.6 Å². The van der Waals surface area contributed by atoms with Gasteiger partial charge in [0.25, 0.3) is 0 Å². The van der Waals surface area contributed by atoms with Crippen molar-refractivity contribution in [2.24, 2.45) is 5.92 Å². The molecule has 2 unspecified atom stereocenters. The molecule has 0 aliphatic rings. The molecule has 0 aliphatic carbocycles. The summed E-state index contributed by atoms with van der Waals surface area (Å²) in [6, 6.07) is 10.1. The van der Waals surface area contributed by atoms with E-state index in [4.69, 9.17) is 0 Å². The Kier molecular flexibility index (Phi) is 7.25. The van der Waals surface area contributed by atoms with Gasteiger partial charge in [0.05, 0.1) is 0 Å². The number of hydrogen-bond donors (Lipinski definition) is 1. The summed E-state index contributed by atoms with van der Waals surface area (Å²) in [6.07, 6.45) is 2.24. The lowest BCUT2D eigenvalue weighted by Crippen LogP contribution is -2.42. The van der Waals surface area contributed by atoms with Crippen molar-refractivity contribution in [2.45, 2.75) is 52.6 Å². The van der Waals surface area contributed by atoms with Gasteiger partial charge in [0.1, 0.15) is 0 Å². The largest absolute Gasteiger partial charge is 0.308 e. The van der Waals surface area contributed by atoms with Gasteiger partial charge in [-0.2, -0.15) is 0 Å². The van der Waals surface area contributed by atoms with Crippen molar-refractivity contribution in [1.29, 1.82) is 0 Å². The van der Waals surface area contributed by atoms with Crippen LogP contribution in [0.1, 0.15) is 51.3 Å². The third kappa shape index (κ3) is 4.92. The first-order chi connectivity index (χ1) is 9.49. The number of likely N-dealkylation sites (N-methyl/N-ethyl adjacent to an activating group) is 1. The van der Waals surface area contributed by atoms with Gasteiger partial charge in [-0.1, -0.05) is 52.0 Å². The Morgan fingerprint density at radius 1 is 1.05 bits per heavy atom. The summed E-state index contributed by atoms with van der Waals surface area (Å²) in [5.41, 5.74) is 2.82. The topological polar surface area (TPSA) is 15.3 Å². The first-order valence-corrected chi connectivity index (χ1v) is 7.98. The van der Waals surface area contributed by atoms with Crippen LogP contribution < -0.4 is 5.32 Å². The molecule has 0 saturated carbocycles. The van der Waals surface area contributed by atoms with Gasteiger partial charge in [0.15, 0.2) is 0 Å². The van der Waals surface area contributed by atoms with E-state index in [2.05, 4.69) is 76.3 Å². The molecule has 0 saturated heterocycles. The van der Waals surface area contributed by atoms with Gasteiger partial charge < -0.3 is 10.2 Å². The van der Waals surface area contributed by atoms with Crippen molar-refractivity contribution in [3.63, 3.8) is 0 Å². The van der Waals surface area contributed by atoms with Crippen molar-refractivity contribution in [2.75, 3.05) is 20.6 Å². The molecule has 0 radical (unpaired) electrons. The summed E-state index contributed by atoms with van der Waals surface area (Å²) in [5, 5.41) is 3.74. The minimum absolute atomic E-state index is 0.460. The maximum Gasteiger partial charge on any atom is 0.0318 e. The molecular formula is C18H32N2. The molecule has 20 heavy (non-hydrogen) atoms. The molecule has 0 bridgehead atoms. The summed E-state index contributed by atoms with van der Waals surface area (Å²) in [7, 11) is 4.34. The third-order valence-corrected chi connectivity index (χ3v) is 4.20. The van der Waals surface area contributed by atoms with Crippen LogP contribution >= 0.6 is 0 Å². The van der Waals surface area contributed by atoms with E-state index in [1.807, 2.05) is 0 Å². The van der Waals surface area contributed by atoms with E-state index in [1.165, 1.54) is 11.1 Å². The molecule has 2 heteroatoms. The number of nitrogens with zero attached hydrogens (tertiary/aromatic N) is 1. The predicted molar refractivity (Wildman–Crippen MR) is 89.2 cm³/mol. The van der Waals surface area contributed by atoms with Crippen molar-refractivity contribution < 1.29 is 0 Å². The molecule has 0 amide bonds. The fraction of sp³-hybridized carbons (Fsp3) is 0.667. The zero-order valence-electron chi connectivity index (χ0n) is 14.1. The molecule has 2 atom stereocenters. The maximum absolute atomic E-state index is 3.74. The Morgan fingerprint density at radius 3 is 2.05 bits per heavy atom. The zero-order valence-corrected chi connectivity index (χ0v) is 14.1. The standard InChI is InChI=1S/C18H32N2/c1-7-15-9-11-16(12-10-15)17(8-2)19-13-18(14(3)4)20(5)6/h9-12,14,17-19H,7-8,13H2,1-6H3. The summed E-state index contributed by atoms with van der Waals surface area (Å²) < 4.78 is 0. The van der Waals surface area contributed by atoms with Crippen molar-refractivity contribution in [3.8, 4) is 0 Å². The SMILES string of the molecule is CCc1ccc(C(CC)NCC(C(C)C)N(C)C)cc1. The Morgan fingerprint density at radius 2 is 1.65 bits per heavy atom. The number of nitrogens with one attached hydrogen (secondary N) is 1. The van der Waals surface area contributed by atoms with Crippen LogP contribution in [0.3, 0.4) is 0 Å². The van der Waals surface area contributed by atoms with E-state index in [-0.39, 0.29) is 0 Å². The Hall–Kier alpha value is -0.860. The van der Waals surface area contributed by atoms with E-state index in [9.17, 15) is 0 Å². The van der Waals surface area contributed by atoms with Crippen LogP contribution in [0.2, 0.25) is 0 Å². The van der Waals surface area contributed by atoms with Crippen molar-refractivity contribution in [1.82, 2.24) is 10.2 Å². The second-order valence-electron chi connectivity index (χ2n) is 6.24. The molecular weight excluding hydrogens is 244 g/mol. The van der Waals surface area contributed by atoms with Crippen LogP contribution in [-0.2, 0) is 6.42 Å². The highest BCUT2D eigenvalue weighted by atomic mass is 15.1. The minimum atomic E-state index is 0.460. The lowest BCUT2D eigenvalue weighted by Gasteiger charge is -2.30. The number of benzene rings is 1. The lowest BCUT2D eigenvalue weighted by molar-refractivity contribution is 0.218. The molecule has 114 valence electrons.